The summed E-state index contributed by atoms with van der Waals surface area (Å²) >= 11 is 5.70. The van der Waals surface area contributed by atoms with Crippen LogP contribution in [0, 0.1) is 5.82 Å². The monoisotopic (exact) mass is 173 g/mol. The zero-order valence-electron chi connectivity index (χ0n) is 6.14. The number of hydrogen-bond acceptors (Lipinski definition) is 1. The molecule has 0 radical (unpaired) electrons. The molecule has 2 N–H and O–H groups in total. The first kappa shape index (κ1) is 8.50. The maximum atomic E-state index is 12.9. The quantitative estimate of drug-likeness (QED) is 0.694. The first-order valence-corrected chi connectivity index (χ1v) is 3.70. The average molecular weight is 174 g/mol. The Morgan fingerprint density at radius 3 is 2.55 bits per heavy atom. The van der Waals surface area contributed by atoms with Crippen LogP contribution in [0.15, 0.2) is 18.2 Å². The second-order valence-corrected chi connectivity index (χ2v) is 2.83. The molecule has 60 valence electrons. The third-order valence-corrected chi connectivity index (χ3v) is 1.78. The molecule has 1 rings (SSSR count). The second kappa shape index (κ2) is 3.20. The van der Waals surface area contributed by atoms with Crippen LogP contribution in [0.2, 0.25) is 5.02 Å². The SMILES string of the molecule is C[C@@H](N)c1c(F)cccc1Cl. The zero-order chi connectivity index (χ0) is 8.43. The van der Waals surface area contributed by atoms with Crippen molar-refractivity contribution < 1.29 is 4.39 Å². The molecule has 0 heterocycles. The summed E-state index contributed by atoms with van der Waals surface area (Å²) < 4.78 is 12.9. The van der Waals surface area contributed by atoms with Gasteiger partial charge >= 0.3 is 0 Å². The van der Waals surface area contributed by atoms with Gasteiger partial charge in [-0.05, 0) is 19.1 Å². The van der Waals surface area contributed by atoms with Gasteiger partial charge in [-0.1, -0.05) is 17.7 Å². The highest BCUT2D eigenvalue weighted by molar-refractivity contribution is 6.31. The van der Waals surface area contributed by atoms with Gasteiger partial charge in [-0.2, -0.15) is 0 Å². The summed E-state index contributed by atoms with van der Waals surface area (Å²) in [4.78, 5) is 0. The molecule has 0 bridgehead atoms. The Hall–Kier alpha value is -0.600. The van der Waals surface area contributed by atoms with Gasteiger partial charge < -0.3 is 5.73 Å². The van der Waals surface area contributed by atoms with Crippen molar-refractivity contribution in [3.05, 3.63) is 34.6 Å². The minimum atomic E-state index is -0.358. The first-order valence-electron chi connectivity index (χ1n) is 3.32. The molecule has 0 fully saturated rings. The summed E-state index contributed by atoms with van der Waals surface area (Å²) in [6.45, 7) is 1.70. The Labute approximate surface area is 70.0 Å². The van der Waals surface area contributed by atoms with Crippen molar-refractivity contribution in [2.45, 2.75) is 13.0 Å². The third kappa shape index (κ3) is 1.70. The largest absolute Gasteiger partial charge is 0.324 e. The van der Waals surface area contributed by atoms with Crippen LogP contribution in [-0.4, -0.2) is 0 Å². The Bertz CT molecular complexity index is 240. The highest BCUT2D eigenvalue weighted by Crippen LogP contribution is 2.23. The molecule has 1 atom stereocenters. The lowest BCUT2D eigenvalue weighted by Crippen LogP contribution is -2.07. The maximum Gasteiger partial charge on any atom is 0.129 e. The lowest BCUT2D eigenvalue weighted by Gasteiger charge is -2.08. The number of rotatable bonds is 1. The Morgan fingerprint density at radius 1 is 1.55 bits per heavy atom. The molecule has 0 aliphatic heterocycles. The lowest BCUT2D eigenvalue weighted by atomic mass is 10.1. The standard InChI is InChI=1S/C8H9ClFN/c1-5(11)8-6(9)3-2-4-7(8)10/h2-5H,11H2,1H3/t5-/m1/s1. The van der Waals surface area contributed by atoms with E-state index < -0.39 is 0 Å². The highest BCUT2D eigenvalue weighted by atomic mass is 35.5. The van der Waals surface area contributed by atoms with Crippen LogP contribution in [0.5, 0.6) is 0 Å². The van der Waals surface area contributed by atoms with E-state index in [1.165, 1.54) is 6.07 Å². The van der Waals surface area contributed by atoms with Crippen LogP contribution in [0.1, 0.15) is 18.5 Å². The van der Waals surface area contributed by atoms with Crippen LogP contribution >= 0.6 is 11.6 Å². The highest BCUT2D eigenvalue weighted by Gasteiger charge is 2.09. The lowest BCUT2D eigenvalue weighted by molar-refractivity contribution is 0.594. The molecule has 0 aliphatic rings. The summed E-state index contributed by atoms with van der Waals surface area (Å²) in [5.41, 5.74) is 5.87. The Morgan fingerprint density at radius 2 is 2.18 bits per heavy atom. The van der Waals surface area contributed by atoms with Crippen LogP contribution in [0.25, 0.3) is 0 Å². The van der Waals surface area contributed by atoms with Gasteiger partial charge in [0.15, 0.2) is 0 Å². The van der Waals surface area contributed by atoms with Gasteiger partial charge in [0, 0.05) is 16.6 Å². The van der Waals surface area contributed by atoms with Crippen LogP contribution < -0.4 is 5.73 Å². The number of nitrogens with two attached hydrogens (primary N) is 1. The minimum absolute atomic E-state index is 0.340. The summed E-state index contributed by atoms with van der Waals surface area (Å²) in [7, 11) is 0. The average Bonchev–Trinajstić information content (AvgIpc) is 1.85. The second-order valence-electron chi connectivity index (χ2n) is 2.42. The summed E-state index contributed by atoms with van der Waals surface area (Å²) in [6.07, 6.45) is 0. The van der Waals surface area contributed by atoms with E-state index in [-0.39, 0.29) is 11.9 Å². The van der Waals surface area contributed by atoms with Crippen molar-refractivity contribution in [3.63, 3.8) is 0 Å². The molecule has 0 aromatic heterocycles. The fourth-order valence-corrected chi connectivity index (χ4v) is 1.28. The Kier molecular flexibility index (Phi) is 2.47. The van der Waals surface area contributed by atoms with Gasteiger partial charge in [0.1, 0.15) is 5.82 Å². The van der Waals surface area contributed by atoms with E-state index in [4.69, 9.17) is 17.3 Å². The fraction of sp³-hybridized carbons (Fsp3) is 0.250. The fourth-order valence-electron chi connectivity index (χ4n) is 0.946. The maximum absolute atomic E-state index is 12.9. The van der Waals surface area contributed by atoms with Gasteiger partial charge in [0.2, 0.25) is 0 Å². The van der Waals surface area contributed by atoms with E-state index in [1.807, 2.05) is 0 Å². The normalized spacial score (nSPS) is 13.1. The molecule has 0 saturated heterocycles. The van der Waals surface area contributed by atoms with Crippen molar-refractivity contribution in [2.75, 3.05) is 0 Å². The molecule has 0 amide bonds. The molecular weight excluding hydrogens is 165 g/mol. The van der Waals surface area contributed by atoms with Gasteiger partial charge in [-0.3, -0.25) is 0 Å². The molecular formula is C8H9ClFN. The third-order valence-electron chi connectivity index (χ3n) is 1.46. The van der Waals surface area contributed by atoms with E-state index in [1.54, 1.807) is 19.1 Å². The number of hydrogen-bond donors (Lipinski definition) is 1. The van der Waals surface area contributed by atoms with Crippen molar-refractivity contribution >= 4 is 11.6 Å². The van der Waals surface area contributed by atoms with Crippen LogP contribution in [0.3, 0.4) is 0 Å². The van der Waals surface area contributed by atoms with E-state index >= 15 is 0 Å². The minimum Gasteiger partial charge on any atom is -0.324 e. The first-order chi connectivity index (χ1) is 5.13. The molecule has 1 aromatic rings. The van der Waals surface area contributed by atoms with Gasteiger partial charge in [-0.15, -0.1) is 0 Å². The van der Waals surface area contributed by atoms with Crippen molar-refractivity contribution in [1.29, 1.82) is 0 Å². The molecule has 3 heteroatoms. The van der Waals surface area contributed by atoms with E-state index in [9.17, 15) is 4.39 Å². The zero-order valence-corrected chi connectivity index (χ0v) is 6.90. The summed E-state index contributed by atoms with van der Waals surface area (Å²) in [5, 5.41) is 0.389. The molecule has 0 unspecified atom stereocenters. The van der Waals surface area contributed by atoms with Crippen LogP contribution in [-0.2, 0) is 0 Å². The molecule has 11 heavy (non-hydrogen) atoms. The van der Waals surface area contributed by atoms with Crippen molar-refractivity contribution in [1.82, 2.24) is 0 Å². The van der Waals surface area contributed by atoms with Gasteiger partial charge in [0.05, 0.1) is 0 Å². The topological polar surface area (TPSA) is 26.0 Å². The van der Waals surface area contributed by atoms with Crippen molar-refractivity contribution in [3.8, 4) is 0 Å². The molecule has 0 aliphatic carbocycles. The van der Waals surface area contributed by atoms with Gasteiger partial charge in [0.25, 0.3) is 0 Å². The molecule has 0 spiro atoms. The predicted octanol–water partition coefficient (Wildman–Crippen LogP) is 2.50. The van der Waals surface area contributed by atoms with E-state index in [2.05, 4.69) is 0 Å². The van der Waals surface area contributed by atoms with Gasteiger partial charge in [-0.25, -0.2) is 4.39 Å². The summed E-state index contributed by atoms with van der Waals surface area (Å²) in [6, 6.07) is 4.18. The van der Waals surface area contributed by atoms with Crippen molar-refractivity contribution in [2.24, 2.45) is 5.73 Å². The predicted molar refractivity (Wildman–Crippen MR) is 44.0 cm³/mol. The smallest absolute Gasteiger partial charge is 0.129 e. The Balaban J connectivity index is 3.21. The molecule has 1 aromatic carbocycles. The molecule has 1 nitrogen and oxygen atoms in total. The van der Waals surface area contributed by atoms with Crippen LogP contribution in [0.4, 0.5) is 4.39 Å². The van der Waals surface area contributed by atoms with E-state index in [0.717, 1.165) is 0 Å². The number of halogens is 2. The summed E-state index contributed by atoms with van der Waals surface area (Å²) in [5.74, 6) is -0.340. The molecule has 0 saturated carbocycles. The van der Waals surface area contributed by atoms with E-state index in [0.29, 0.717) is 10.6 Å². The number of benzene rings is 1.